The van der Waals surface area contributed by atoms with Crippen LogP contribution in [0.4, 0.5) is 0 Å². The topological polar surface area (TPSA) is 40.0 Å². The van der Waals surface area contributed by atoms with E-state index in [0.717, 1.165) is 18.8 Å². The van der Waals surface area contributed by atoms with E-state index in [1.165, 1.54) is 44.9 Å². The summed E-state index contributed by atoms with van der Waals surface area (Å²) in [6.45, 7) is 14.3. The van der Waals surface area contributed by atoms with E-state index in [1.54, 1.807) is 6.20 Å². The second-order valence-corrected chi connectivity index (χ2v) is 7.07. The Hall–Kier alpha value is -1.16. The Morgan fingerprint density at radius 3 is 2.50 bits per heavy atom. The van der Waals surface area contributed by atoms with E-state index < -0.39 is 0 Å². The molecule has 0 heterocycles. The molecule has 4 heteroatoms. The predicted molar refractivity (Wildman–Crippen MR) is 107 cm³/mol. The van der Waals surface area contributed by atoms with Crippen molar-refractivity contribution in [2.75, 3.05) is 13.2 Å². The Kier molecular flexibility index (Phi) is 9.92. The third-order valence-electron chi connectivity index (χ3n) is 5.26. The van der Waals surface area contributed by atoms with Crippen molar-refractivity contribution in [1.82, 2.24) is 10.2 Å². The molecule has 1 aliphatic carbocycles. The zero-order valence-corrected chi connectivity index (χ0v) is 16.4. The molecule has 0 bridgehead atoms. The van der Waals surface area contributed by atoms with Gasteiger partial charge >= 0.3 is 0 Å². The average molecular weight is 335 g/mol. The molecule has 1 saturated carbocycles. The molecule has 0 aromatic rings. The standard InChI is InChI=1S/C20H38N4/c1-6-12-18(7-2)22-17-23-19(13-16-21-5)24(8-3)20(4)14-10-9-11-15-20/h13,16,18,22H,5-12,14-15,17H2,1-4H3/b16-13-,23-19+. The second-order valence-electron chi connectivity index (χ2n) is 7.07. The van der Waals surface area contributed by atoms with Gasteiger partial charge in [-0.25, -0.2) is 0 Å². The van der Waals surface area contributed by atoms with Crippen LogP contribution in [0.25, 0.3) is 0 Å². The fourth-order valence-electron chi connectivity index (χ4n) is 3.81. The molecule has 1 N–H and O–H groups in total. The van der Waals surface area contributed by atoms with Crippen molar-refractivity contribution in [2.24, 2.45) is 9.98 Å². The van der Waals surface area contributed by atoms with Gasteiger partial charge < -0.3 is 4.90 Å². The number of hydrogen-bond acceptors (Lipinski definition) is 3. The molecule has 1 unspecified atom stereocenters. The second kappa shape index (κ2) is 11.4. The molecule has 0 saturated heterocycles. The SMILES string of the molecule is C=N/C=C\C(=N/CNC(CC)CCC)N(CC)C1(C)CCCCC1. The first-order chi connectivity index (χ1) is 11.6. The highest BCUT2D eigenvalue weighted by molar-refractivity contribution is 5.93. The molecule has 24 heavy (non-hydrogen) atoms. The van der Waals surface area contributed by atoms with Crippen LogP contribution in [0.1, 0.15) is 79.1 Å². The fraction of sp³-hybridized carbons (Fsp3) is 0.800. The first kappa shape index (κ1) is 20.9. The van der Waals surface area contributed by atoms with Crippen molar-refractivity contribution in [3.63, 3.8) is 0 Å². The Labute approximate surface area is 149 Å². The normalized spacial score (nSPS) is 19.4. The van der Waals surface area contributed by atoms with Gasteiger partial charge in [0.25, 0.3) is 0 Å². The molecular weight excluding hydrogens is 296 g/mol. The van der Waals surface area contributed by atoms with E-state index in [4.69, 9.17) is 4.99 Å². The highest BCUT2D eigenvalue weighted by Gasteiger charge is 2.33. The molecule has 0 aliphatic heterocycles. The molecule has 0 amide bonds. The van der Waals surface area contributed by atoms with Gasteiger partial charge in [-0.2, -0.15) is 0 Å². The van der Waals surface area contributed by atoms with E-state index in [1.807, 2.05) is 6.08 Å². The number of nitrogens with one attached hydrogen (secondary N) is 1. The predicted octanol–water partition coefficient (Wildman–Crippen LogP) is 4.77. The monoisotopic (exact) mass is 334 g/mol. The van der Waals surface area contributed by atoms with Gasteiger partial charge in [0.05, 0.1) is 6.67 Å². The summed E-state index contributed by atoms with van der Waals surface area (Å²) in [4.78, 5) is 11.2. The van der Waals surface area contributed by atoms with Crippen molar-refractivity contribution in [2.45, 2.75) is 90.6 Å². The Morgan fingerprint density at radius 1 is 1.25 bits per heavy atom. The smallest absolute Gasteiger partial charge is 0.126 e. The highest BCUT2D eigenvalue weighted by Crippen LogP contribution is 2.33. The molecule has 0 aromatic heterocycles. The molecule has 1 aliphatic rings. The number of amidine groups is 1. The lowest BCUT2D eigenvalue weighted by Gasteiger charge is -2.45. The number of aliphatic imine (C=N–C) groups is 2. The molecule has 1 atom stereocenters. The van der Waals surface area contributed by atoms with Crippen LogP contribution in [0, 0.1) is 0 Å². The Bertz CT molecular complexity index is 408. The molecule has 0 radical (unpaired) electrons. The van der Waals surface area contributed by atoms with E-state index in [0.29, 0.717) is 12.7 Å². The van der Waals surface area contributed by atoms with Crippen molar-refractivity contribution < 1.29 is 0 Å². The summed E-state index contributed by atoms with van der Waals surface area (Å²) < 4.78 is 0. The number of rotatable bonds is 10. The lowest BCUT2D eigenvalue weighted by molar-refractivity contribution is 0.142. The molecule has 1 fully saturated rings. The highest BCUT2D eigenvalue weighted by atomic mass is 15.3. The van der Waals surface area contributed by atoms with Crippen LogP contribution in [0.5, 0.6) is 0 Å². The fourth-order valence-corrected chi connectivity index (χ4v) is 3.81. The summed E-state index contributed by atoms with van der Waals surface area (Å²) in [6, 6.07) is 0.557. The van der Waals surface area contributed by atoms with Gasteiger partial charge in [0.1, 0.15) is 5.84 Å². The Balaban J connectivity index is 2.86. The minimum Gasteiger partial charge on any atom is -0.352 e. The van der Waals surface area contributed by atoms with E-state index in [2.05, 4.69) is 49.6 Å². The largest absolute Gasteiger partial charge is 0.352 e. The van der Waals surface area contributed by atoms with Crippen molar-refractivity contribution in [3.8, 4) is 0 Å². The van der Waals surface area contributed by atoms with Crippen LogP contribution in [0.15, 0.2) is 22.3 Å². The van der Waals surface area contributed by atoms with Crippen LogP contribution in [0.3, 0.4) is 0 Å². The van der Waals surface area contributed by atoms with Crippen molar-refractivity contribution in [3.05, 3.63) is 12.3 Å². The quantitative estimate of drug-likeness (QED) is 0.462. The number of hydrogen-bond donors (Lipinski definition) is 1. The molecular formula is C20H38N4. The summed E-state index contributed by atoms with van der Waals surface area (Å²) in [7, 11) is 0. The zero-order chi connectivity index (χ0) is 17.8. The summed E-state index contributed by atoms with van der Waals surface area (Å²) in [5, 5.41) is 3.58. The van der Waals surface area contributed by atoms with Crippen LogP contribution < -0.4 is 5.32 Å². The third kappa shape index (κ3) is 6.39. The van der Waals surface area contributed by atoms with Gasteiger partial charge in [0.2, 0.25) is 0 Å². The summed E-state index contributed by atoms with van der Waals surface area (Å²) in [6.07, 6.45) is 13.8. The lowest BCUT2D eigenvalue weighted by atomic mass is 9.81. The maximum absolute atomic E-state index is 4.88. The first-order valence-electron chi connectivity index (χ1n) is 9.79. The van der Waals surface area contributed by atoms with Gasteiger partial charge in [0.15, 0.2) is 0 Å². The lowest BCUT2D eigenvalue weighted by Crippen LogP contribution is -2.50. The van der Waals surface area contributed by atoms with Crippen LogP contribution in [0.2, 0.25) is 0 Å². The average Bonchev–Trinajstić information content (AvgIpc) is 2.59. The van der Waals surface area contributed by atoms with E-state index in [9.17, 15) is 0 Å². The molecule has 1 rings (SSSR count). The molecule has 4 nitrogen and oxygen atoms in total. The van der Waals surface area contributed by atoms with Crippen LogP contribution in [-0.2, 0) is 0 Å². The molecule has 138 valence electrons. The number of nitrogens with zero attached hydrogens (tertiary/aromatic N) is 3. The number of likely N-dealkylation sites (N-methyl/N-ethyl adjacent to an activating group) is 1. The van der Waals surface area contributed by atoms with Gasteiger partial charge in [-0.15, -0.1) is 0 Å². The van der Waals surface area contributed by atoms with Gasteiger partial charge in [-0.05, 0) is 52.3 Å². The summed E-state index contributed by atoms with van der Waals surface area (Å²) in [5.41, 5.74) is 0.213. The first-order valence-corrected chi connectivity index (χ1v) is 9.79. The van der Waals surface area contributed by atoms with Crippen molar-refractivity contribution >= 4 is 12.6 Å². The minimum absolute atomic E-state index is 0.213. The van der Waals surface area contributed by atoms with Crippen LogP contribution in [-0.4, -0.2) is 42.2 Å². The molecule has 0 spiro atoms. The molecule has 0 aromatic carbocycles. The van der Waals surface area contributed by atoms with Gasteiger partial charge in [0, 0.05) is 24.3 Å². The maximum atomic E-state index is 4.88. The Morgan fingerprint density at radius 2 is 1.96 bits per heavy atom. The van der Waals surface area contributed by atoms with E-state index >= 15 is 0 Å². The summed E-state index contributed by atoms with van der Waals surface area (Å²) >= 11 is 0. The maximum Gasteiger partial charge on any atom is 0.126 e. The van der Waals surface area contributed by atoms with Gasteiger partial charge in [-0.1, -0.05) is 39.5 Å². The summed E-state index contributed by atoms with van der Waals surface area (Å²) in [5.74, 6) is 1.04. The van der Waals surface area contributed by atoms with Crippen molar-refractivity contribution in [1.29, 1.82) is 0 Å². The van der Waals surface area contributed by atoms with Gasteiger partial charge in [-0.3, -0.25) is 15.3 Å². The van der Waals surface area contributed by atoms with E-state index in [-0.39, 0.29) is 5.54 Å². The van der Waals surface area contributed by atoms with Crippen LogP contribution >= 0.6 is 0 Å². The minimum atomic E-state index is 0.213. The third-order valence-corrected chi connectivity index (χ3v) is 5.26. The zero-order valence-electron chi connectivity index (χ0n) is 16.4.